The zero-order valence-corrected chi connectivity index (χ0v) is 11.8. The first kappa shape index (κ1) is 13.4. The normalized spacial score (nSPS) is 18.4. The van der Waals surface area contributed by atoms with Crippen LogP contribution in [-0.4, -0.2) is 26.2 Å². The average Bonchev–Trinajstić information content (AvgIpc) is 2.57. The first-order chi connectivity index (χ1) is 8.70. The number of ether oxygens (including phenoxy) is 2. The summed E-state index contributed by atoms with van der Waals surface area (Å²) < 4.78 is 12.3. The number of benzene rings is 1. The minimum Gasteiger partial charge on any atom is -0.493 e. The van der Waals surface area contributed by atoms with Gasteiger partial charge in [-0.15, -0.1) is 0 Å². The number of likely N-dealkylation sites (N-methyl/N-ethyl adjacent to an activating group) is 1. The Bertz CT molecular complexity index is 436. The van der Waals surface area contributed by atoms with Crippen molar-refractivity contribution in [2.75, 3.05) is 20.3 Å². The maximum absolute atomic E-state index is 11.2. The van der Waals surface area contributed by atoms with Crippen LogP contribution in [0.4, 0.5) is 0 Å². The highest BCUT2D eigenvalue weighted by atomic mass is 79.9. The van der Waals surface area contributed by atoms with Gasteiger partial charge in [-0.25, -0.2) is 0 Å². The van der Waals surface area contributed by atoms with E-state index in [1.54, 1.807) is 7.05 Å². The van der Waals surface area contributed by atoms with E-state index in [0.29, 0.717) is 6.61 Å². The van der Waals surface area contributed by atoms with Gasteiger partial charge in [-0.3, -0.25) is 4.79 Å². The molecule has 4 nitrogen and oxygen atoms in total. The molecule has 1 aliphatic rings. The summed E-state index contributed by atoms with van der Waals surface area (Å²) in [5.41, 5.74) is 1.01. The van der Waals surface area contributed by atoms with Gasteiger partial charge in [0.1, 0.15) is 12.4 Å². The fourth-order valence-corrected chi connectivity index (χ4v) is 2.27. The minimum absolute atomic E-state index is 0.0760. The molecule has 0 saturated heterocycles. The smallest absolute Gasteiger partial charge is 0.245 e. The fraction of sp³-hybridized carbons (Fsp3) is 0.462. The summed E-state index contributed by atoms with van der Waals surface area (Å²) in [6, 6.07) is 5.89. The van der Waals surface area contributed by atoms with Crippen LogP contribution >= 0.6 is 15.9 Å². The standard InChI is InChI=1S/C13H16BrNO3/c1-15-13(16)8-18-11-3-2-6-17-12-7-9(14)4-5-10(11)12/h4-5,7,11H,2-3,6,8H2,1H3,(H,15,16). The Balaban J connectivity index is 2.14. The highest BCUT2D eigenvalue weighted by Gasteiger charge is 2.21. The first-order valence-corrected chi connectivity index (χ1v) is 6.74. The lowest BCUT2D eigenvalue weighted by molar-refractivity contribution is -0.127. The summed E-state index contributed by atoms with van der Waals surface area (Å²) >= 11 is 3.42. The monoisotopic (exact) mass is 313 g/mol. The Hall–Kier alpha value is -1.07. The van der Waals surface area contributed by atoms with Crippen LogP contribution in [-0.2, 0) is 9.53 Å². The molecule has 1 heterocycles. The molecule has 1 aromatic carbocycles. The van der Waals surface area contributed by atoms with Crippen molar-refractivity contribution in [2.45, 2.75) is 18.9 Å². The van der Waals surface area contributed by atoms with E-state index < -0.39 is 0 Å². The molecule has 98 valence electrons. The van der Waals surface area contributed by atoms with Crippen molar-refractivity contribution in [1.29, 1.82) is 0 Å². The highest BCUT2D eigenvalue weighted by Crippen LogP contribution is 2.35. The van der Waals surface area contributed by atoms with E-state index in [4.69, 9.17) is 9.47 Å². The molecule has 1 unspecified atom stereocenters. The van der Waals surface area contributed by atoms with Crippen molar-refractivity contribution >= 4 is 21.8 Å². The molecule has 1 aliphatic heterocycles. The van der Waals surface area contributed by atoms with Gasteiger partial charge in [0.05, 0.1) is 12.7 Å². The second kappa shape index (κ2) is 6.20. The summed E-state index contributed by atoms with van der Waals surface area (Å²) in [6.07, 6.45) is 1.71. The van der Waals surface area contributed by atoms with Crippen molar-refractivity contribution in [3.05, 3.63) is 28.2 Å². The lowest BCUT2D eigenvalue weighted by Crippen LogP contribution is -2.24. The van der Waals surface area contributed by atoms with Gasteiger partial charge in [-0.1, -0.05) is 22.0 Å². The molecule has 1 amide bonds. The molecule has 1 aromatic rings. The zero-order chi connectivity index (χ0) is 13.0. The molecule has 0 aromatic heterocycles. The molecular formula is C13H16BrNO3. The third kappa shape index (κ3) is 3.23. The Kier molecular flexibility index (Phi) is 4.60. The second-order valence-electron chi connectivity index (χ2n) is 4.15. The highest BCUT2D eigenvalue weighted by molar-refractivity contribution is 9.10. The van der Waals surface area contributed by atoms with Gasteiger partial charge in [0.15, 0.2) is 0 Å². The number of nitrogens with one attached hydrogen (secondary N) is 1. The van der Waals surface area contributed by atoms with Gasteiger partial charge in [0, 0.05) is 17.1 Å². The molecule has 0 aliphatic carbocycles. The SMILES string of the molecule is CNC(=O)COC1CCCOc2cc(Br)ccc21. The van der Waals surface area contributed by atoms with Gasteiger partial charge in [0.2, 0.25) is 5.91 Å². The van der Waals surface area contributed by atoms with Gasteiger partial charge in [-0.2, -0.15) is 0 Å². The Morgan fingerprint density at radius 1 is 1.61 bits per heavy atom. The van der Waals surface area contributed by atoms with Crippen LogP contribution in [0.5, 0.6) is 5.75 Å². The molecule has 18 heavy (non-hydrogen) atoms. The van der Waals surface area contributed by atoms with E-state index in [1.165, 1.54) is 0 Å². The Morgan fingerprint density at radius 3 is 3.22 bits per heavy atom. The zero-order valence-electron chi connectivity index (χ0n) is 10.2. The van der Waals surface area contributed by atoms with Crippen LogP contribution in [0.25, 0.3) is 0 Å². The molecule has 0 radical (unpaired) electrons. The summed E-state index contributed by atoms with van der Waals surface area (Å²) in [5.74, 6) is 0.725. The van der Waals surface area contributed by atoms with Crippen LogP contribution in [0.3, 0.4) is 0 Å². The van der Waals surface area contributed by atoms with E-state index in [9.17, 15) is 4.79 Å². The molecule has 1 atom stereocenters. The number of hydrogen-bond donors (Lipinski definition) is 1. The lowest BCUT2D eigenvalue weighted by Gasteiger charge is -2.17. The Labute approximate surface area is 115 Å². The van der Waals surface area contributed by atoms with Gasteiger partial charge < -0.3 is 14.8 Å². The van der Waals surface area contributed by atoms with E-state index in [2.05, 4.69) is 21.2 Å². The summed E-state index contributed by atoms with van der Waals surface area (Å²) in [5, 5.41) is 2.55. The van der Waals surface area contributed by atoms with Crippen molar-refractivity contribution in [1.82, 2.24) is 5.32 Å². The number of carbonyl (C=O) groups excluding carboxylic acids is 1. The van der Waals surface area contributed by atoms with Crippen LogP contribution in [0.2, 0.25) is 0 Å². The molecule has 0 bridgehead atoms. The number of rotatable bonds is 3. The molecular weight excluding hydrogens is 298 g/mol. The Morgan fingerprint density at radius 2 is 2.44 bits per heavy atom. The van der Waals surface area contributed by atoms with Gasteiger partial charge in [0.25, 0.3) is 0 Å². The van der Waals surface area contributed by atoms with Crippen LogP contribution in [0, 0.1) is 0 Å². The average molecular weight is 314 g/mol. The van der Waals surface area contributed by atoms with Crippen LogP contribution < -0.4 is 10.1 Å². The maximum atomic E-state index is 11.2. The van der Waals surface area contributed by atoms with E-state index in [-0.39, 0.29) is 18.6 Å². The molecule has 1 N–H and O–H groups in total. The summed E-state index contributed by atoms with van der Waals surface area (Å²) in [6.45, 7) is 0.764. The summed E-state index contributed by atoms with van der Waals surface area (Å²) in [7, 11) is 1.60. The van der Waals surface area contributed by atoms with E-state index in [1.807, 2.05) is 18.2 Å². The number of hydrogen-bond acceptors (Lipinski definition) is 3. The predicted molar refractivity (Wildman–Crippen MR) is 71.6 cm³/mol. The minimum atomic E-state index is -0.112. The van der Waals surface area contributed by atoms with Crippen molar-refractivity contribution in [2.24, 2.45) is 0 Å². The molecule has 0 fully saturated rings. The third-order valence-electron chi connectivity index (χ3n) is 2.89. The fourth-order valence-electron chi connectivity index (χ4n) is 1.93. The quantitative estimate of drug-likeness (QED) is 0.932. The maximum Gasteiger partial charge on any atom is 0.245 e. The topological polar surface area (TPSA) is 47.6 Å². The van der Waals surface area contributed by atoms with E-state index in [0.717, 1.165) is 28.6 Å². The van der Waals surface area contributed by atoms with Gasteiger partial charge in [-0.05, 0) is 25.0 Å². The number of fused-ring (bicyclic) bond motifs is 1. The first-order valence-electron chi connectivity index (χ1n) is 5.95. The lowest BCUT2D eigenvalue weighted by atomic mass is 10.1. The largest absolute Gasteiger partial charge is 0.493 e. The predicted octanol–water partition coefficient (Wildman–Crippen LogP) is 2.43. The van der Waals surface area contributed by atoms with Crippen LogP contribution in [0.15, 0.2) is 22.7 Å². The molecule has 2 rings (SSSR count). The number of carbonyl (C=O) groups is 1. The number of amides is 1. The van der Waals surface area contributed by atoms with Gasteiger partial charge >= 0.3 is 0 Å². The second-order valence-corrected chi connectivity index (χ2v) is 5.06. The van der Waals surface area contributed by atoms with Crippen molar-refractivity contribution in [3.8, 4) is 5.75 Å². The summed E-state index contributed by atoms with van der Waals surface area (Å²) in [4.78, 5) is 11.2. The third-order valence-corrected chi connectivity index (χ3v) is 3.38. The van der Waals surface area contributed by atoms with Crippen LogP contribution in [0.1, 0.15) is 24.5 Å². The molecule has 0 saturated carbocycles. The van der Waals surface area contributed by atoms with Crippen molar-refractivity contribution in [3.63, 3.8) is 0 Å². The van der Waals surface area contributed by atoms with E-state index >= 15 is 0 Å². The van der Waals surface area contributed by atoms with Crippen molar-refractivity contribution < 1.29 is 14.3 Å². The number of halogens is 1. The molecule has 5 heteroatoms. The molecule has 0 spiro atoms.